The van der Waals surface area contributed by atoms with Gasteiger partial charge in [0.05, 0.1) is 24.9 Å². The second kappa shape index (κ2) is 37.7. The molecular weight excluding hydrogens is 1040 g/mol. The number of hydrogen-bond donors (Lipinski definition) is 19. The van der Waals surface area contributed by atoms with Crippen molar-refractivity contribution in [2.75, 3.05) is 39.3 Å². The summed E-state index contributed by atoms with van der Waals surface area (Å²) in [5, 5.41) is 68.9. The van der Waals surface area contributed by atoms with Crippen LogP contribution in [0.4, 0.5) is 0 Å². The van der Waals surface area contributed by atoms with E-state index in [4.69, 9.17) is 22.9 Å². The molecule has 11 amide bonds. The Hall–Kier alpha value is -6.15. The molecule has 1 heterocycles. The monoisotopic (exact) mass is 1130 g/mol. The Morgan fingerprint density at radius 1 is 0.557 bits per heavy atom. The Balaban J connectivity index is 3.76. The summed E-state index contributed by atoms with van der Waals surface area (Å²) < 4.78 is 0. The number of carbonyl (C=O) groups is 11. The van der Waals surface area contributed by atoms with Gasteiger partial charge in [-0.05, 0) is 97.8 Å². The molecule has 23 N–H and O–H groups in total. The molecule has 0 aliphatic carbocycles. The zero-order valence-corrected chi connectivity index (χ0v) is 46.4. The summed E-state index contributed by atoms with van der Waals surface area (Å²) in [6.07, 6.45) is -1.70. The minimum Gasteiger partial charge on any atom is -0.394 e. The highest BCUT2D eigenvalue weighted by Crippen LogP contribution is 2.11. The van der Waals surface area contributed by atoms with E-state index in [1.54, 1.807) is 13.8 Å². The average molecular weight is 1130 g/mol. The van der Waals surface area contributed by atoms with Gasteiger partial charge in [0.15, 0.2) is 0 Å². The third kappa shape index (κ3) is 25.7. The van der Waals surface area contributed by atoms with Crippen molar-refractivity contribution < 1.29 is 73.2 Å². The average Bonchev–Trinajstić information content (AvgIpc) is 3.37. The van der Waals surface area contributed by atoms with Crippen LogP contribution in [0.25, 0.3) is 0 Å². The van der Waals surface area contributed by atoms with Crippen molar-refractivity contribution in [3.63, 3.8) is 0 Å². The lowest BCUT2D eigenvalue weighted by atomic mass is 10.0. The van der Waals surface area contributed by atoms with Crippen LogP contribution >= 0.6 is 0 Å². The molecule has 30 nitrogen and oxygen atoms in total. The Morgan fingerprint density at radius 2 is 1.04 bits per heavy atom. The number of nitrogens with two attached hydrogens (primary N) is 4. The van der Waals surface area contributed by atoms with E-state index in [1.807, 2.05) is 6.92 Å². The van der Waals surface area contributed by atoms with E-state index in [1.165, 1.54) is 6.92 Å². The first-order chi connectivity index (χ1) is 37.3. The number of rotatable bonds is 27. The molecule has 0 spiro atoms. The van der Waals surface area contributed by atoms with E-state index in [0.29, 0.717) is 6.42 Å². The maximum absolute atomic E-state index is 14.2. The molecule has 0 saturated carbocycles. The standard InChI is InChI=1S/C49H91N15O15/c1-7-8-9-10-11-12-36(69)55-29(13-18-50)43(73)63-39(28(6)68)49(79)61-35(24-65)46(76)58-33-17-22-54-47(77)37(26(4)66)62-44(74)32(16-21-53)57-40(70)31(15-20-52)59-48(78)38(27(5)67)64-45(75)34(23-25(2)3)60-41(71)30(14-19-51)56-42(33)72/h25-35,37-39,65-68H,7-24,50-53H2,1-6H3,(H,54,77)(H,55,69)(H,56,72)(H,57,70)(H,58,76)(H,59,78)(H,60,71)(H,61,79)(H,62,74)(H,63,73)(H,64,75). The fraction of sp³-hybridized carbons (Fsp3) is 0.776. The molecule has 1 rings (SSSR count). The van der Waals surface area contributed by atoms with Crippen LogP contribution in [0.5, 0.6) is 0 Å². The molecule has 0 radical (unpaired) electrons. The van der Waals surface area contributed by atoms with Gasteiger partial charge >= 0.3 is 0 Å². The van der Waals surface area contributed by atoms with Crippen molar-refractivity contribution in [3.8, 4) is 0 Å². The molecule has 0 aromatic heterocycles. The van der Waals surface area contributed by atoms with Crippen molar-refractivity contribution in [3.05, 3.63) is 0 Å². The predicted octanol–water partition coefficient (Wildman–Crippen LogP) is -7.71. The van der Waals surface area contributed by atoms with Gasteiger partial charge < -0.3 is 102 Å². The van der Waals surface area contributed by atoms with E-state index >= 15 is 0 Å². The summed E-state index contributed by atoms with van der Waals surface area (Å²) in [5.41, 5.74) is 23.1. The van der Waals surface area contributed by atoms with Crippen LogP contribution in [0.3, 0.4) is 0 Å². The number of aliphatic hydroxyl groups excluding tert-OH is 4. The van der Waals surface area contributed by atoms with Crippen molar-refractivity contribution in [2.45, 2.75) is 197 Å². The lowest BCUT2D eigenvalue weighted by molar-refractivity contribution is -0.137. The molecule has 1 saturated heterocycles. The number of amides is 11. The number of unbranched alkanes of at least 4 members (excludes halogenated alkanes) is 4. The van der Waals surface area contributed by atoms with Gasteiger partial charge in [0, 0.05) is 13.0 Å². The molecule has 0 aromatic rings. The largest absolute Gasteiger partial charge is 0.394 e. The lowest BCUT2D eigenvalue weighted by Crippen LogP contribution is -2.62. The van der Waals surface area contributed by atoms with Crippen LogP contribution in [0, 0.1) is 5.92 Å². The number of carbonyl (C=O) groups excluding carboxylic acids is 11. The van der Waals surface area contributed by atoms with Crippen molar-refractivity contribution in [2.24, 2.45) is 28.9 Å². The van der Waals surface area contributed by atoms with Gasteiger partial charge in [-0.2, -0.15) is 0 Å². The van der Waals surface area contributed by atoms with Crippen LogP contribution in [-0.2, 0) is 52.7 Å². The molecule has 13 unspecified atom stereocenters. The van der Waals surface area contributed by atoms with Crippen LogP contribution in [0.15, 0.2) is 0 Å². The fourth-order valence-electron chi connectivity index (χ4n) is 8.10. The van der Waals surface area contributed by atoms with Crippen molar-refractivity contribution >= 4 is 65.0 Å². The summed E-state index contributed by atoms with van der Waals surface area (Å²) in [6, 6.07) is -16.0. The lowest BCUT2D eigenvalue weighted by Gasteiger charge is -2.29. The van der Waals surface area contributed by atoms with E-state index < -0.39 is 163 Å². The van der Waals surface area contributed by atoms with E-state index in [9.17, 15) is 73.2 Å². The van der Waals surface area contributed by atoms with Crippen LogP contribution in [-0.4, -0.2) is 203 Å². The quantitative estimate of drug-likeness (QED) is 0.0340. The first kappa shape index (κ1) is 70.9. The summed E-state index contributed by atoms with van der Waals surface area (Å²) in [6.45, 7) is 6.69. The van der Waals surface area contributed by atoms with E-state index in [0.717, 1.165) is 39.5 Å². The molecule has 79 heavy (non-hydrogen) atoms. The molecule has 0 bridgehead atoms. The SMILES string of the molecule is CCCCCCCC(=O)NC(CCN)C(=O)NC(C(=O)NC(CO)C(=O)NC1CCNC(=O)C(C(C)O)NC(=O)C(CCN)NC(=O)C(CCN)NC(=O)C(C(C)O)NC(=O)C(CC(C)C)NC(=O)C(CCN)NC1=O)C(C)O. The van der Waals surface area contributed by atoms with E-state index in [-0.39, 0.29) is 70.6 Å². The maximum atomic E-state index is 14.2. The zero-order chi connectivity index (χ0) is 59.9. The van der Waals surface area contributed by atoms with Crippen molar-refractivity contribution in [1.29, 1.82) is 0 Å². The van der Waals surface area contributed by atoms with Gasteiger partial charge in [-0.3, -0.25) is 52.7 Å². The number of nitrogens with one attached hydrogen (secondary N) is 11. The van der Waals surface area contributed by atoms with Gasteiger partial charge in [-0.25, -0.2) is 0 Å². The first-order valence-electron chi connectivity index (χ1n) is 27.1. The third-order valence-corrected chi connectivity index (χ3v) is 12.6. The summed E-state index contributed by atoms with van der Waals surface area (Å²) >= 11 is 0. The summed E-state index contributed by atoms with van der Waals surface area (Å²) in [7, 11) is 0. The minimum atomic E-state index is -1.90. The van der Waals surface area contributed by atoms with E-state index in [2.05, 4.69) is 58.5 Å². The molecule has 1 aliphatic rings. The summed E-state index contributed by atoms with van der Waals surface area (Å²) in [4.78, 5) is 151. The minimum absolute atomic E-state index is 0.0429. The van der Waals surface area contributed by atoms with Crippen LogP contribution in [0.2, 0.25) is 0 Å². The van der Waals surface area contributed by atoms with Crippen LogP contribution in [0.1, 0.15) is 119 Å². The molecule has 1 fully saturated rings. The Morgan fingerprint density at radius 3 is 1.52 bits per heavy atom. The highest BCUT2D eigenvalue weighted by Gasteiger charge is 2.38. The normalized spacial score (nSPS) is 23.8. The molecule has 30 heteroatoms. The smallest absolute Gasteiger partial charge is 0.245 e. The van der Waals surface area contributed by atoms with Crippen LogP contribution < -0.4 is 81.4 Å². The molecule has 13 atom stereocenters. The zero-order valence-electron chi connectivity index (χ0n) is 46.4. The third-order valence-electron chi connectivity index (χ3n) is 12.6. The number of aliphatic hydroxyl groups is 4. The highest BCUT2D eigenvalue weighted by molar-refractivity contribution is 5.99. The highest BCUT2D eigenvalue weighted by atomic mass is 16.3. The van der Waals surface area contributed by atoms with Gasteiger partial charge in [0.1, 0.15) is 60.4 Å². The Kier molecular flexibility index (Phi) is 33.8. The van der Waals surface area contributed by atoms with Gasteiger partial charge in [0.25, 0.3) is 0 Å². The molecule has 1 aliphatic heterocycles. The predicted molar refractivity (Wildman–Crippen MR) is 287 cm³/mol. The number of hydrogen-bond acceptors (Lipinski definition) is 19. The van der Waals surface area contributed by atoms with Gasteiger partial charge in [-0.15, -0.1) is 0 Å². The van der Waals surface area contributed by atoms with Gasteiger partial charge in [0.2, 0.25) is 65.0 Å². The molecule has 452 valence electrons. The Bertz CT molecular complexity index is 2000. The topological polar surface area (TPSA) is 505 Å². The van der Waals surface area contributed by atoms with Crippen molar-refractivity contribution in [1.82, 2.24) is 58.5 Å². The Labute approximate surface area is 461 Å². The summed E-state index contributed by atoms with van der Waals surface area (Å²) in [5.74, 6) is -11.1. The second-order valence-corrected chi connectivity index (χ2v) is 20.0. The maximum Gasteiger partial charge on any atom is 0.245 e. The molecular formula is C49H91N15O15. The first-order valence-corrected chi connectivity index (χ1v) is 27.1. The second-order valence-electron chi connectivity index (χ2n) is 20.0. The molecule has 0 aromatic carbocycles. The van der Waals surface area contributed by atoms with Gasteiger partial charge in [-0.1, -0.05) is 46.5 Å². The fourth-order valence-corrected chi connectivity index (χ4v) is 8.10.